The van der Waals surface area contributed by atoms with E-state index in [0.29, 0.717) is 15.2 Å². The second kappa shape index (κ2) is 11.4. The van der Waals surface area contributed by atoms with Crippen molar-refractivity contribution < 1.29 is 23.7 Å². The zero-order valence-electron chi connectivity index (χ0n) is 13.1. The van der Waals surface area contributed by atoms with Gasteiger partial charge >= 0.3 is 49.4 Å². The Morgan fingerprint density at radius 2 is 1.39 bits per heavy atom. The van der Waals surface area contributed by atoms with Gasteiger partial charge in [-0.1, -0.05) is 12.1 Å². The van der Waals surface area contributed by atoms with Crippen molar-refractivity contribution >= 4 is 40.0 Å². The van der Waals surface area contributed by atoms with Gasteiger partial charge in [0.1, 0.15) is 17.2 Å². The molecule has 2 aromatic rings. The Hall–Kier alpha value is -0.156. The molecule has 0 radical (unpaired) electrons. The molecule has 2 aromatic carbocycles. The molecule has 0 heterocycles. The Morgan fingerprint density at radius 3 is 1.87 bits per heavy atom. The fraction of sp³-hybridized carbons (Fsp3) is 0.250. The van der Waals surface area contributed by atoms with E-state index < -0.39 is 0 Å². The molecule has 23 heavy (non-hydrogen) atoms. The molecular formula is C16H19I2NO3V. The Kier molecular flexibility index (Phi) is 10.4. The van der Waals surface area contributed by atoms with E-state index in [0.717, 1.165) is 22.6 Å². The molecule has 0 aromatic heterocycles. The average molecular weight is 578 g/mol. The molecule has 0 saturated heterocycles. The minimum atomic E-state index is -0.262. The fourth-order valence-corrected chi connectivity index (χ4v) is 2.07. The summed E-state index contributed by atoms with van der Waals surface area (Å²) in [6, 6.07) is 13.1. The van der Waals surface area contributed by atoms with Crippen LogP contribution in [0.15, 0.2) is 42.5 Å². The molecule has 2 rings (SSSR count). The molecule has 125 valence electrons. The van der Waals surface area contributed by atoms with Gasteiger partial charge in [-0.05, 0) is 29.8 Å². The van der Waals surface area contributed by atoms with Crippen LogP contribution in [0.4, 0.5) is 0 Å². The number of benzene rings is 2. The molecule has 0 aliphatic carbocycles. The van der Waals surface area contributed by atoms with Gasteiger partial charge in [0.15, 0.2) is 0 Å². The molecule has 2 N–H and O–H groups in total. The molecule has 4 nitrogen and oxygen atoms in total. The maximum absolute atomic E-state index is 6.31. The van der Waals surface area contributed by atoms with Crippen LogP contribution in [-0.4, -0.2) is 21.3 Å². The molecule has 0 fully saturated rings. The van der Waals surface area contributed by atoms with Crippen LogP contribution in [0.2, 0.25) is 0 Å². The van der Waals surface area contributed by atoms with Gasteiger partial charge in [-0.2, -0.15) is 0 Å². The third-order valence-corrected chi connectivity index (χ3v) is 3.25. The van der Waals surface area contributed by atoms with Gasteiger partial charge < -0.3 is 19.9 Å². The zero-order valence-corrected chi connectivity index (χ0v) is 18.8. The number of halogens is 2. The van der Waals surface area contributed by atoms with Crippen molar-refractivity contribution in [3.05, 3.63) is 53.6 Å². The zero-order chi connectivity index (χ0) is 17.2. The molecule has 0 aliphatic rings. The van der Waals surface area contributed by atoms with Crippen molar-refractivity contribution in [3.8, 4) is 17.2 Å². The van der Waals surface area contributed by atoms with Crippen molar-refractivity contribution in [2.45, 2.75) is 6.04 Å². The van der Waals surface area contributed by atoms with Crippen LogP contribution >= 0.6 is 40.0 Å². The Bertz CT molecular complexity index is 596. The summed E-state index contributed by atoms with van der Waals surface area (Å²) in [5.41, 5.74) is 8.22. The van der Waals surface area contributed by atoms with Crippen LogP contribution in [0.1, 0.15) is 17.2 Å². The topological polar surface area (TPSA) is 53.7 Å². The van der Waals surface area contributed by atoms with Gasteiger partial charge in [-0.15, -0.1) is 0 Å². The van der Waals surface area contributed by atoms with Crippen LogP contribution < -0.4 is 19.9 Å². The number of nitrogens with two attached hydrogens (primary N) is 1. The van der Waals surface area contributed by atoms with Crippen LogP contribution in [-0.2, 0) is 9.47 Å². The maximum atomic E-state index is 6.31. The number of hydrogen-bond acceptors (Lipinski definition) is 4. The predicted octanol–water partition coefficient (Wildman–Crippen LogP) is 4.53. The van der Waals surface area contributed by atoms with Gasteiger partial charge in [-0.3, -0.25) is 0 Å². The molecular weight excluding hydrogens is 559 g/mol. The summed E-state index contributed by atoms with van der Waals surface area (Å²) < 4.78 is 15.7. The van der Waals surface area contributed by atoms with Crippen molar-refractivity contribution in [2.75, 3.05) is 21.3 Å². The van der Waals surface area contributed by atoms with E-state index in [9.17, 15) is 0 Å². The molecule has 0 amide bonds. The van der Waals surface area contributed by atoms with Gasteiger partial charge in [0.05, 0.1) is 27.4 Å². The van der Waals surface area contributed by atoms with Crippen molar-refractivity contribution in [2.24, 2.45) is 5.73 Å². The first-order chi connectivity index (χ1) is 11.1. The first-order valence-corrected chi connectivity index (χ1v) is 15.7. The van der Waals surface area contributed by atoms with Crippen LogP contribution in [0.25, 0.3) is 0 Å². The fourth-order valence-electron chi connectivity index (χ4n) is 2.07. The Morgan fingerprint density at radius 1 is 0.870 bits per heavy atom. The van der Waals surface area contributed by atoms with E-state index in [1.54, 1.807) is 21.3 Å². The number of hydrogen-bond donors (Lipinski definition) is 1. The second-order valence-electron chi connectivity index (χ2n) is 4.42. The number of methoxy groups -OCH3 is 3. The van der Waals surface area contributed by atoms with E-state index in [1.165, 1.54) is 0 Å². The van der Waals surface area contributed by atoms with Gasteiger partial charge in [0.25, 0.3) is 0 Å². The van der Waals surface area contributed by atoms with E-state index >= 15 is 0 Å². The molecule has 1 unspecified atom stereocenters. The summed E-state index contributed by atoms with van der Waals surface area (Å²) in [5, 5.41) is 0. The molecule has 0 aliphatic heterocycles. The third kappa shape index (κ3) is 6.34. The van der Waals surface area contributed by atoms with E-state index in [-0.39, 0.29) is 6.04 Å². The second-order valence-corrected chi connectivity index (χ2v) is 16.2. The minimum absolute atomic E-state index is 0.262. The van der Waals surface area contributed by atoms with E-state index in [1.807, 2.05) is 42.5 Å². The van der Waals surface area contributed by atoms with Crippen molar-refractivity contribution in [1.82, 2.24) is 0 Å². The van der Waals surface area contributed by atoms with Gasteiger partial charge in [0.2, 0.25) is 0 Å². The van der Waals surface area contributed by atoms with Crippen molar-refractivity contribution in [3.63, 3.8) is 0 Å². The van der Waals surface area contributed by atoms with Crippen LogP contribution in [0, 0.1) is 0 Å². The third-order valence-electron chi connectivity index (χ3n) is 3.25. The van der Waals surface area contributed by atoms with Crippen molar-refractivity contribution in [1.29, 1.82) is 0 Å². The predicted molar refractivity (Wildman–Crippen MR) is 107 cm³/mol. The molecule has 1 atom stereocenters. The summed E-state index contributed by atoms with van der Waals surface area (Å²) in [6.07, 6.45) is 0. The monoisotopic (exact) mass is 578 g/mol. The molecule has 0 bridgehead atoms. The summed E-state index contributed by atoms with van der Waals surface area (Å²) in [4.78, 5) is 0. The van der Waals surface area contributed by atoms with Gasteiger partial charge in [-0.25, -0.2) is 0 Å². The molecule has 0 saturated carbocycles. The Labute approximate surface area is 166 Å². The number of rotatable bonds is 5. The number of ether oxygens (including phenoxy) is 3. The summed E-state index contributed by atoms with van der Waals surface area (Å²) in [5.74, 6) is 2.27. The normalized spacial score (nSPS) is 10.9. The van der Waals surface area contributed by atoms with E-state index in [2.05, 4.69) is 40.0 Å². The summed E-state index contributed by atoms with van der Waals surface area (Å²) in [7, 11) is 5.51. The van der Waals surface area contributed by atoms with Crippen LogP contribution in [0.5, 0.6) is 17.2 Å². The van der Waals surface area contributed by atoms with E-state index in [4.69, 9.17) is 19.9 Å². The molecule has 0 spiro atoms. The average Bonchev–Trinajstić information content (AvgIpc) is 2.61. The quantitative estimate of drug-likeness (QED) is 0.531. The summed E-state index contributed by atoms with van der Waals surface area (Å²) >= 11 is 4.74. The standard InChI is InChI=1S/C16H19NO3.2HI.V/c1-18-12-6-4-11(5-7-12)16(17)14-9-8-13(19-2)10-15(14)20-3;;;/h4-10,16H,17H2,1-3H3;2*1H;/q;;;+2/p-2. The molecule has 7 heteroatoms. The first kappa shape index (κ1) is 20.9. The van der Waals surface area contributed by atoms with Crippen LogP contribution in [0.3, 0.4) is 0 Å². The SMILES string of the molecule is COc1ccc(C(N)c2ccc(OC)cc2OC)cc1.[I][V][I]. The first-order valence-electron chi connectivity index (χ1n) is 6.65. The Balaban J connectivity index is 0.000000816. The van der Waals surface area contributed by atoms with Gasteiger partial charge in [0, 0.05) is 11.6 Å². The summed E-state index contributed by atoms with van der Waals surface area (Å²) in [6.45, 7) is 0.